The first-order valence-electron chi connectivity index (χ1n) is 6.48. The number of carbonyl (C=O) groups is 1. The van der Waals surface area contributed by atoms with Crippen LogP contribution in [0.15, 0.2) is 48.7 Å². The number of H-pyrrole nitrogens is 1. The monoisotopic (exact) mass is 266 g/mol. The molecule has 100 valence electrons. The molecule has 0 aliphatic rings. The summed E-state index contributed by atoms with van der Waals surface area (Å²) in [6.45, 7) is 0. The highest BCUT2D eigenvalue weighted by Crippen LogP contribution is 2.18. The van der Waals surface area contributed by atoms with Gasteiger partial charge >= 0.3 is 5.97 Å². The Morgan fingerprint density at radius 1 is 1.15 bits per heavy atom. The van der Waals surface area contributed by atoms with E-state index in [1.54, 1.807) is 0 Å². The Hall–Kier alpha value is -2.62. The second-order valence-corrected chi connectivity index (χ2v) is 4.70. The molecule has 2 aromatic heterocycles. The highest BCUT2D eigenvalue weighted by atomic mass is 16.4. The number of fused-ring (bicyclic) bond motifs is 1. The predicted octanol–water partition coefficient (Wildman–Crippen LogP) is 3.05. The number of nitrogens with zero attached hydrogens (tertiary/aromatic N) is 1. The number of pyridine rings is 1. The summed E-state index contributed by atoms with van der Waals surface area (Å²) < 4.78 is 0. The van der Waals surface area contributed by atoms with Crippen LogP contribution in [-0.2, 0) is 12.8 Å². The number of benzene rings is 1. The smallest absolute Gasteiger partial charge is 0.337 e. The van der Waals surface area contributed by atoms with Gasteiger partial charge in [-0.25, -0.2) is 4.79 Å². The quantitative estimate of drug-likeness (QED) is 0.762. The minimum Gasteiger partial charge on any atom is -0.478 e. The van der Waals surface area contributed by atoms with Crippen molar-refractivity contribution in [2.75, 3.05) is 0 Å². The second kappa shape index (κ2) is 5.17. The van der Waals surface area contributed by atoms with Crippen molar-refractivity contribution in [2.45, 2.75) is 12.8 Å². The third-order valence-corrected chi connectivity index (χ3v) is 3.33. The molecule has 0 radical (unpaired) electrons. The average molecular weight is 266 g/mol. The highest BCUT2D eigenvalue weighted by molar-refractivity contribution is 6.00. The number of aromatic amines is 1. The Labute approximate surface area is 116 Å². The molecular weight excluding hydrogens is 252 g/mol. The van der Waals surface area contributed by atoms with E-state index in [9.17, 15) is 4.79 Å². The molecule has 1 aromatic carbocycles. The first-order chi connectivity index (χ1) is 9.74. The second-order valence-electron chi connectivity index (χ2n) is 4.70. The molecular formula is C16H14N2O2. The van der Waals surface area contributed by atoms with Crippen molar-refractivity contribution in [1.29, 1.82) is 0 Å². The summed E-state index contributed by atoms with van der Waals surface area (Å²) in [5.74, 6) is -0.936. The molecule has 0 fully saturated rings. The van der Waals surface area contributed by atoms with Crippen molar-refractivity contribution in [3.05, 3.63) is 65.5 Å². The molecule has 2 N–H and O–H groups in total. The standard InChI is InChI=1S/C16H14N2O2/c19-16(20)13-8-9-17-14-10-12(18-15(13)14)7-6-11-4-2-1-3-5-11/h1-5,8-10,18H,6-7H2,(H,19,20). The third kappa shape index (κ3) is 2.40. The normalized spacial score (nSPS) is 10.8. The molecule has 0 spiro atoms. The summed E-state index contributed by atoms with van der Waals surface area (Å²) in [6, 6.07) is 13.6. The van der Waals surface area contributed by atoms with Gasteiger partial charge in [-0.1, -0.05) is 30.3 Å². The van der Waals surface area contributed by atoms with Gasteiger partial charge in [0.15, 0.2) is 0 Å². The number of aryl methyl sites for hydroxylation is 2. The Morgan fingerprint density at radius 3 is 2.70 bits per heavy atom. The van der Waals surface area contributed by atoms with Crippen LogP contribution in [-0.4, -0.2) is 21.0 Å². The van der Waals surface area contributed by atoms with Gasteiger partial charge in [-0.3, -0.25) is 4.98 Å². The molecule has 2 heterocycles. The number of nitrogens with one attached hydrogen (secondary N) is 1. The van der Waals surface area contributed by atoms with Crippen molar-refractivity contribution in [3.8, 4) is 0 Å². The number of rotatable bonds is 4. The Morgan fingerprint density at radius 2 is 1.95 bits per heavy atom. The number of aromatic carboxylic acids is 1. The SMILES string of the molecule is O=C(O)c1ccnc2cc(CCc3ccccc3)[nH]c12. The molecule has 4 nitrogen and oxygen atoms in total. The number of hydrogen-bond donors (Lipinski definition) is 2. The maximum Gasteiger partial charge on any atom is 0.337 e. The lowest BCUT2D eigenvalue weighted by molar-refractivity contribution is 0.0699. The van der Waals surface area contributed by atoms with Crippen LogP contribution >= 0.6 is 0 Å². The molecule has 0 aliphatic carbocycles. The van der Waals surface area contributed by atoms with E-state index in [-0.39, 0.29) is 5.56 Å². The lowest BCUT2D eigenvalue weighted by atomic mass is 10.1. The van der Waals surface area contributed by atoms with Crippen LogP contribution in [0.3, 0.4) is 0 Å². The summed E-state index contributed by atoms with van der Waals surface area (Å²) >= 11 is 0. The molecule has 20 heavy (non-hydrogen) atoms. The topological polar surface area (TPSA) is 66.0 Å². The van der Waals surface area contributed by atoms with E-state index in [2.05, 4.69) is 22.1 Å². The van der Waals surface area contributed by atoms with Crippen molar-refractivity contribution < 1.29 is 9.90 Å². The lowest BCUT2D eigenvalue weighted by Gasteiger charge is -1.99. The minimum absolute atomic E-state index is 0.265. The molecule has 3 aromatic rings. The van der Waals surface area contributed by atoms with E-state index in [0.717, 1.165) is 18.5 Å². The van der Waals surface area contributed by atoms with Crippen molar-refractivity contribution >= 4 is 17.0 Å². The van der Waals surface area contributed by atoms with E-state index < -0.39 is 5.97 Å². The molecule has 0 bridgehead atoms. The van der Waals surface area contributed by atoms with E-state index in [4.69, 9.17) is 5.11 Å². The molecule has 0 amide bonds. The molecule has 0 unspecified atom stereocenters. The average Bonchev–Trinajstić information content (AvgIpc) is 2.88. The summed E-state index contributed by atoms with van der Waals surface area (Å²) in [6.07, 6.45) is 3.27. The Balaban J connectivity index is 1.86. The van der Waals surface area contributed by atoms with Gasteiger partial charge in [-0.05, 0) is 30.5 Å². The molecule has 0 saturated carbocycles. The Bertz CT molecular complexity index is 748. The van der Waals surface area contributed by atoms with E-state index in [1.165, 1.54) is 17.8 Å². The zero-order valence-corrected chi connectivity index (χ0v) is 10.8. The van der Waals surface area contributed by atoms with Crippen LogP contribution in [0.1, 0.15) is 21.6 Å². The Kier molecular flexibility index (Phi) is 3.21. The van der Waals surface area contributed by atoms with Crippen molar-refractivity contribution in [1.82, 2.24) is 9.97 Å². The fourth-order valence-electron chi connectivity index (χ4n) is 2.32. The van der Waals surface area contributed by atoms with Crippen LogP contribution in [0, 0.1) is 0 Å². The van der Waals surface area contributed by atoms with Gasteiger partial charge in [0.2, 0.25) is 0 Å². The lowest BCUT2D eigenvalue weighted by Crippen LogP contribution is -1.98. The first-order valence-corrected chi connectivity index (χ1v) is 6.48. The fourth-order valence-corrected chi connectivity index (χ4v) is 2.32. The minimum atomic E-state index is -0.936. The summed E-state index contributed by atoms with van der Waals surface area (Å²) in [5, 5.41) is 9.15. The summed E-state index contributed by atoms with van der Waals surface area (Å²) in [4.78, 5) is 18.5. The molecule has 4 heteroatoms. The number of hydrogen-bond acceptors (Lipinski definition) is 2. The van der Waals surface area contributed by atoms with Gasteiger partial charge < -0.3 is 10.1 Å². The molecule has 3 rings (SSSR count). The number of carboxylic acid groups (broad SMARTS) is 1. The van der Waals surface area contributed by atoms with Crippen LogP contribution < -0.4 is 0 Å². The third-order valence-electron chi connectivity index (χ3n) is 3.33. The van der Waals surface area contributed by atoms with E-state index in [0.29, 0.717) is 11.0 Å². The van der Waals surface area contributed by atoms with Crippen LogP contribution in [0.4, 0.5) is 0 Å². The molecule has 0 aliphatic heterocycles. The van der Waals surface area contributed by atoms with Crippen molar-refractivity contribution in [2.24, 2.45) is 0 Å². The maximum atomic E-state index is 11.2. The van der Waals surface area contributed by atoms with Crippen LogP contribution in [0.5, 0.6) is 0 Å². The zero-order valence-electron chi connectivity index (χ0n) is 10.8. The first kappa shape index (κ1) is 12.4. The van der Waals surface area contributed by atoms with Gasteiger partial charge in [0, 0.05) is 11.9 Å². The zero-order chi connectivity index (χ0) is 13.9. The van der Waals surface area contributed by atoms with Gasteiger partial charge in [0.05, 0.1) is 16.6 Å². The fraction of sp³-hybridized carbons (Fsp3) is 0.125. The highest BCUT2D eigenvalue weighted by Gasteiger charge is 2.11. The largest absolute Gasteiger partial charge is 0.478 e. The number of aromatic nitrogens is 2. The van der Waals surface area contributed by atoms with Crippen LogP contribution in [0.2, 0.25) is 0 Å². The van der Waals surface area contributed by atoms with Crippen molar-refractivity contribution in [3.63, 3.8) is 0 Å². The van der Waals surface area contributed by atoms with E-state index >= 15 is 0 Å². The maximum absolute atomic E-state index is 11.2. The van der Waals surface area contributed by atoms with Crippen LogP contribution in [0.25, 0.3) is 11.0 Å². The summed E-state index contributed by atoms with van der Waals surface area (Å²) in [7, 11) is 0. The number of carboxylic acids is 1. The van der Waals surface area contributed by atoms with Gasteiger partial charge in [-0.2, -0.15) is 0 Å². The van der Waals surface area contributed by atoms with Gasteiger partial charge in [0.25, 0.3) is 0 Å². The van der Waals surface area contributed by atoms with Gasteiger partial charge in [-0.15, -0.1) is 0 Å². The van der Waals surface area contributed by atoms with Gasteiger partial charge in [0.1, 0.15) is 0 Å². The molecule has 0 saturated heterocycles. The predicted molar refractivity (Wildman–Crippen MR) is 76.9 cm³/mol. The summed E-state index contributed by atoms with van der Waals surface area (Å²) in [5.41, 5.74) is 3.83. The van der Waals surface area contributed by atoms with E-state index in [1.807, 2.05) is 24.3 Å². The molecule has 0 atom stereocenters.